The summed E-state index contributed by atoms with van der Waals surface area (Å²) in [5.41, 5.74) is 1.04. The summed E-state index contributed by atoms with van der Waals surface area (Å²) in [6.45, 7) is 3.60. The second-order valence-electron chi connectivity index (χ2n) is 5.14. The van der Waals surface area contributed by atoms with Crippen LogP contribution in [-0.2, 0) is 11.3 Å². The van der Waals surface area contributed by atoms with Crippen LogP contribution < -0.4 is 10.1 Å². The van der Waals surface area contributed by atoms with Gasteiger partial charge >= 0.3 is 0 Å². The van der Waals surface area contributed by atoms with Crippen LogP contribution in [0.3, 0.4) is 0 Å². The number of amides is 1. The minimum atomic E-state index is 0.0970. The summed E-state index contributed by atoms with van der Waals surface area (Å²) in [7, 11) is 3.52. The zero-order valence-electron chi connectivity index (χ0n) is 11.8. The number of methoxy groups -OCH3 is 1. The highest BCUT2D eigenvalue weighted by Gasteiger charge is 2.31. The van der Waals surface area contributed by atoms with Crippen molar-refractivity contribution in [3.63, 3.8) is 0 Å². The van der Waals surface area contributed by atoms with Crippen LogP contribution in [0.1, 0.15) is 18.9 Å². The lowest BCUT2D eigenvalue weighted by Crippen LogP contribution is -2.37. The fourth-order valence-corrected chi connectivity index (χ4v) is 2.65. The Balaban J connectivity index is 2.04. The number of ether oxygens (including phenoxy) is 1. The van der Waals surface area contributed by atoms with Gasteiger partial charge in [0.2, 0.25) is 5.91 Å². The minimum absolute atomic E-state index is 0.0970. The Hall–Kier alpha value is -1.55. The molecule has 1 aromatic rings. The van der Waals surface area contributed by atoms with Gasteiger partial charge in [-0.15, -0.1) is 0 Å². The quantitative estimate of drug-likeness (QED) is 0.897. The van der Waals surface area contributed by atoms with Crippen LogP contribution >= 0.6 is 0 Å². The molecule has 4 nitrogen and oxygen atoms in total. The third kappa shape index (κ3) is 3.07. The summed E-state index contributed by atoms with van der Waals surface area (Å²) in [5.74, 6) is 1.14. The molecule has 1 saturated heterocycles. The third-order valence-electron chi connectivity index (χ3n) is 3.82. The second-order valence-corrected chi connectivity index (χ2v) is 5.14. The van der Waals surface area contributed by atoms with Crippen molar-refractivity contribution in [1.82, 2.24) is 10.2 Å². The van der Waals surface area contributed by atoms with Crippen LogP contribution in [0.2, 0.25) is 0 Å². The fourth-order valence-electron chi connectivity index (χ4n) is 2.65. The molecular weight excluding hydrogens is 240 g/mol. The lowest BCUT2D eigenvalue weighted by Gasteiger charge is -2.24. The van der Waals surface area contributed by atoms with Gasteiger partial charge in [0, 0.05) is 25.2 Å². The van der Waals surface area contributed by atoms with E-state index in [9.17, 15) is 4.79 Å². The van der Waals surface area contributed by atoms with Crippen LogP contribution in [-0.4, -0.2) is 37.6 Å². The Bertz CT molecular complexity index is 448. The first-order chi connectivity index (χ1) is 9.13. The summed E-state index contributed by atoms with van der Waals surface area (Å²) in [5, 5.41) is 3.32. The predicted molar refractivity (Wildman–Crippen MR) is 75.0 cm³/mol. The standard InChI is InChI=1S/C15H22N2O2/c1-11-13(8-9-16-11)15(18)17(2)10-12-6-4-5-7-14(12)19-3/h4-7,11,13,16H,8-10H2,1-3H3. The van der Waals surface area contributed by atoms with E-state index in [1.807, 2.05) is 31.3 Å². The number of nitrogens with zero attached hydrogens (tertiary/aromatic N) is 1. The molecule has 1 amide bonds. The van der Waals surface area contributed by atoms with Crippen LogP contribution in [0.15, 0.2) is 24.3 Å². The van der Waals surface area contributed by atoms with Gasteiger partial charge in [0.1, 0.15) is 5.75 Å². The van der Waals surface area contributed by atoms with Crippen molar-refractivity contribution in [2.45, 2.75) is 25.9 Å². The Morgan fingerprint density at radius 2 is 2.21 bits per heavy atom. The van der Waals surface area contributed by atoms with E-state index in [1.54, 1.807) is 12.0 Å². The minimum Gasteiger partial charge on any atom is -0.496 e. The Kier molecular flexibility index (Phi) is 4.43. The average Bonchev–Trinajstić information content (AvgIpc) is 2.84. The van der Waals surface area contributed by atoms with Crippen molar-refractivity contribution in [3.05, 3.63) is 29.8 Å². The molecule has 2 atom stereocenters. The SMILES string of the molecule is COc1ccccc1CN(C)C(=O)C1CCNC1C. The van der Waals surface area contributed by atoms with Crippen molar-refractivity contribution in [2.75, 3.05) is 20.7 Å². The highest BCUT2D eigenvalue weighted by molar-refractivity contribution is 5.79. The van der Waals surface area contributed by atoms with Gasteiger partial charge in [-0.25, -0.2) is 0 Å². The number of para-hydroxylation sites is 1. The number of hydrogen-bond acceptors (Lipinski definition) is 3. The summed E-state index contributed by atoms with van der Waals surface area (Å²) >= 11 is 0. The monoisotopic (exact) mass is 262 g/mol. The molecule has 2 unspecified atom stereocenters. The molecule has 4 heteroatoms. The Labute approximate surface area is 114 Å². The van der Waals surface area contributed by atoms with Gasteiger partial charge < -0.3 is 15.0 Å². The van der Waals surface area contributed by atoms with E-state index >= 15 is 0 Å². The average molecular weight is 262 g/mol. The van der Waals surface area contributed by atoms with Crippen LogP contribution in [0.4, 0.5) is 0 Å². The van der Waals surface area contributed by atoms with Crippen molar-refractivity contribution >= 4 is 5.91 Å². The molecule has 1 aliphatic heterocycles. The smallest absolute Gasteiger partial charge is 0.227 e. The van der Waals surface area contributed by atoms with Crippen LogP contribution in [0.25, 0.3) is 0 Å². The van der Waals surface area contributed by atoms with Crippen molar-refractivity contribution in [3.8, 4) is 5.75 Å². The maximum absolute atomic E-state index is 12.4. The molecule has 2 rings (SSSR count). The molecule has 104 valence electrons. The van der Waals surface area contributed by atoms with Gasteiger partial charge in [-0.1, -0.05) is 18.2 Å². The van der Waals surface area contributed by atoms with Gasteiger partial charge in [-0.2, -0.15) is 0 Å². The molecule has 1 fully saturated rings. The molecule has 0 saturated carbocycles. The number of rotatable bonds is 4. The van der Waals surface area contributed by atoms with E-state index < -0.39 is 0 Å². The highest BCUT2D eigenvalue weighted by Crippen LogP contribution is 2.22. The van der Waals surface area contributed by atoms with Crippen LogP contribution in [0.5, 0.6) is 5.75 Å². The topological polar surface area (TPSA) is 41.6 Å². The van der Waals surface area contributed by atoms with E-state index in [-0.39, 0.29) is 17.9 Å². The number of nitrogens with one attached hydrogen (secondary N) is 1. The van der Waals surface area contributed by atoms with Crippen LogP contribution in [0, 0.1) is 5.92 Å². The second kappa shape index (κ2) is 6.06. The van der Waals surface area contributed by atoms with E-state index in [4.69, 9.17) is 4.74 Å². The number of carbonyl (C=O) groups excluding carboxylic acids is 1. The Morgan fingerprint density at radius 3 is 2.84 bits per heavy atom. The summed E-state index contributed by atoms with van der Waals surface area (Å²) in [6.07, 6.45) is 0.927. The molecular formula is C15H22N2O2. The summed E-state index contributed by atoms with van der Waals surface area (Å²) < 4.78 is 5.32. The van der Waals surface area contributed by atoms with Crippen molar-refractivity contribution in [1.29, 1.82) is 0 Å². The molecule has 0 aliphatic carbocycles. The molecule has 0 bridgehead atoms. The lowest BCUT2D eigenvalue weighted by atomic mass is 10.0. The third-order valence-corrected chi connectivity index (χ3v) is 3.82. The fraction of sp³-hybridized carbons (Fsp3) is 0.533. The maximum atomic E-state index is 12.4. The first-order valence-electron chi connectivity index (χ1n) is 6.73. The van der Waals surface area contributed by atoms with E-state index in [0.29, 0.717) is 6.54 Å². The molecule has 19 heavy (non-hydrogen) atoms. The number of benzene rings is 1. The van der Waals surface area contributed by atoms with E-state index in [2.05, 4.69) is 12.2 Å². The zero-order valence-corrected chi connectivity index (χ0v) is 11.8. The lowest BCUT2D eigenvalue weighted by molar-refractivity contribution is -0.134. The largest absolute Gasteiger partial charge is 0.496 e. The van der Waals surface area contributed by atoms with Gasteiger partial charge in [-0.05, 0) is 26.0 Å². The molecule has 1 heterocycles. The van der Waals surface area contributed by atoms with E-state index in [1.165, 1.54) is 0 Å². The molecule has 0 spiro atoms. The first-order valence-corrected chi connectivity index (χ1v) is 6.73. The van der Waals surface area contributed by atoms with E-state index in [0.717, 1.165) is 24.3 Å². The number of carbonyl (C=O) groups is 1. The number of hydrogen-bond donors (Lipinski definition) is 1. The van der Waals surface area contributed by atoms with Gasteiger partial charge in [0.05, 0.1) is 13.0 Å². The first kappa shape index (κ1) is 13.9. The molecule has 1 N–H and O–H groups in total. The maximum Gasteiger partial charge on any atom is 0.227 e. The van der Waals surface area contributed by atoms with Gasteiger partial charge in [-0.3, -0.25) is 4.79 Å². The van der Waals surface area contributed by atoms with Gasteiger partial charge in [0.15, 0.2) is 0 Å². The summed E-state index contributed by atoms with van der Waals surface area (Å²) in [6, 6.07) is 8.10. The zero-order chi connectivity index (χ0) is 13.8. The molecule has 1 aliphatic rings. The van der Waals surface area contributed by atoms with Crippen molar-refractivity contribution in [2.24, 2.45) is 5.92 Å². The van der Waals surface area contributed by atoms with Gasteiger partial charge in [0.25, 0.3) is 0 Å². The van der Waals surface area contributed by atoms with Crippen molar-refractivity contribution < 1.29 is 9.53 Å². The molecule has 1 aromatic carbocycles. The highest BCUT2D eigenvalue weighted by atomic mass is 16.5. The normalized spacial score (nSPS) is 22.3. The Morgan fingerprint density at radius 1 is 1.47 bits per heavy atom. The predicted octanol–water partition coefficient (Wildman–Crippen LogP) is 1.65. The summed E-state index contributed by atoms with van der Waals surface area (Å²) in [4.78, 5) is 14.2. The molecule has 0 aromatic heterocycles. The molecule has 0 radical (unpaired) electrons.